The van der Waals surface area contributed by atoms with Gasteiger partial charge in [-0.3, -0.25) is 19.3 Å². The second-order valence-electron chi connectivity index (χ2n) is 8.67. The molecule has 3 fully saturated rings. The summed E-state index contributed by atoms with van der Waals surface area (Å²) in [7, 11) is 1.39. The molecule has 4 rings (SSSR count). The van der Waals surface area contributed by atoms with Crippen LogP contribution in [0, 0.1) is 11.8 Å². The minimum Gasteiger partial charge on any atom is -0.469 e. The van der Waals surface area contributed by atoms with Gasteiger partial charge in [0.2, 0.25) is 5.91 Å². The summed E-state index contributed by atoms with van der Waals surface area (Å²) in [6.45, 7) is 2.01. The van der Waals surface area contributed by atoms with Gasteiger partial charge in [-0.05, 0) is 68.4 Å². The molecule has 3 unspecified atom stereocenters. The number of esters is 1. The normalized spacial score (nSPS) is 26.2. The second-order valence-corrected chi connectivity index (χ2v) is 9.06. The molecule has 0 spiro atoms. The van der Waals surface area contributed by atoms with Crippen LogP contribution in [0.3, 0.4) is 0 Å². The Morgan fingerprint density at radius 3 is 2.52 bits per heavy atom. The van der Waals surface area contributed by atoms with Crippen molar-refractivity contribution in [3.63, 3.8) is 0 Å². The monoisotopic (exact) mass is 443 g/mol. The van der Waals surface area contributed by atoms with Crippen LogP contribution < -0.4 is 5.32 Å². The van der Waals surface area contributed by atoms with Crippen molar-refractivity contribution in [2.45, 2.75) is 51.1 Å². The summed E-state index contributed by atoms with van der Waals surface area (Å²) in [4.78, 5) is 41.2. The van der Waals surface area contributed by atoms with Gasteiger partial charge in [0.15, 0.2) is 5.11 Å². The van der Waals surface area contributed by atoms with E-state index < -0.39 is 0 Å². The zero-order valence-electron chi connectivity index (χ0n) is 17.8. The van der Waals surface area contributed by atoms with E-state index in [-0.39, 0.29) is 35.7 Å². The molecule has 31 heavy (non-hydrogen) atoms. The first-order valence-electron chi connectivity index (χ1n) is 11.1. The number of nitrogens with zero attached hydrogens (tertiary/aromatic N) is 2. The molecule has 1 N–H and O–H groups in total. The Labute approximate surface area is 188 Å². The number of amides is 2. The molecule has 0 radical (unpaired) electrons. The highest BCUT2D eigenvalue weighted by atomic mass is 32.1. The number of hydrogen-bond donors (Lipinski definition) is 1. The van der Waals surface area contributed by atoms with Gasteiger partial charge in [-0.2, -0.15) is 0 Å². The minimum atomic E-state index is -0.222. The van der Waals surface area contributed by atoms with Crippen LogP contribution in [-0.4, -0.2) is 58.9 Å². The molecule has 2 heterocycles. The van der Waals surface area contributed by atoms with Crippen LogP contribution in [0.15, 0.2) is 24.3 Å². The Kier molecular flexibility index (Phi) is 6.55. The van der Waals surface area contributed by atoms with Crippen LogP contribution in [0.1, 0.15) is 54.4 Å². The lowest BCUT2D eigenvalue weighted by Crippen LogP contribution is -2.61. The summed E-state index contributed by atoms with van der Waals surface area (Å²) in [6.07, 6.45) is 5.16. The summed E-state index contributed by atoms with van der Waals surface area (Å²) in [5.41, 5.74) is 1.60. The number of hydrogen-bond acceptors (Lipinski definition) is 5. The average molecular weight is 444 g/mol. The van der Waals surface area contributed by atoms with Gasteiger partial charge >= 0.3 is 5.97 Å². The van der Waals surface area contributed by atoms with Crippen molar-refractivity contribution in [3.05, 3.63) is 35.4 Å². The number of carbonyl (C=O) groups excluding carboxylic acids is 3. The Morgan fingerprint density at radius 2 is 1.84 bits per heavy atom. The summed E-state index contributed by atoms with van der Waals surface area (Å²) >= 11 is 5.47. The number of thiocarbonyl (C=S) groups is 1. The van der Waals surface area contributed by atoms with Gasteiger partial charge in [0.25, 0.3) is 5.91 Å². The van der Waals surface area contributed by atoms with E-state index >= 15 is 0 Å². The van der Waals surface area contributed by atoms with E-state index in [1.807, 2.05) is 29.2 Å². The number of fused-ring (bicyclic) bond motifs is 1. The number of carbonyl (C=O) groups is 3. The zero-order chi connectivity index (χ0) is 22.0. The van der Waals surface area contributed by atoms with E-state index in [9.17, 15) is 14.4 Å². The molecular formula is C23H29N3O4S. The number of nitrogens with one attached hydrogen (secondary N) is 1. The molecule has 3 aliphatic rings. The van der Waals surface area contributed by atoms with Gasteiger partial charge in [-0.25, -0.2) is 0 Å². The van der Waals surface area contributed by atoms with Crippen molar-refractivity contribution < 1.29 is 19.1 Å². The highest BCUT2D eigenvalue weighted by Gasteiger charge is 2.44. The van der Waals surface area contributed by atoms with Gasteiger partial charge in [-0.15, -0.1) is 0 Å². The third kappa shape index (κ3) is 4.59. The van der Waals surface area contributed by atoms with Crippen molar-refractivity contribution in [1.29, 1.82) is 0 Å². The number of ether oxygens (including phenoxy) is 1. The second kappa shape index (κ2) is 9.34. The molecule has 7 nitrogen and oxygen atoms in total. The lowest BCUT2D eigenvalue weighted by Gasteiger charge is -2.43. The maximum Gasteiger partial charge on any atom is 0.308 e. The summed E-state index contributed by atoms with van der Waals surface area (Å²) in [5, 5.41) is 3.66. The SMILES string of the molecule is COC(=O)C1CCC2C(=O)N(Cc3ccc(C(=O)N4CCCCC4)cc3)C(=S)NC2C1. The zero-order valence-corrected chi connectivity index (χ0v) is 18.7. The lowest BCUT2D eigenvalue weighted by atomic mass is 9.76. The highest BCUT2D eigenvalue weighted by molar-refractivity contribution is 7.80. The Bertz CT molecular complexity index is 866. The Hall–Kier alpha value is -2.48. The van der Waals surface area contributed by atoms with Crippen molar-refractivity contribution in [1.82, 2.24) is 15.1 Å². The summed E-state index contributed by atoms with van der Waals surface area (Å²) in [6, 6.07) is 7.34. The quantitative estimate of drug-likeness (QED) is 0.569. The maximum absolute atomic E-state index is 13.1. The van der Waals surface area contributed by atoms with Crippen molar-refractivity contribution in [3.8, 4) is 0 Å². The molecule has 1 aromatic carbocycles. The van der Waals surface area contributed by atoms with Crippen LogP contribution in [0.25, 0.3) is 0 Å². The average Bonchev–Trinajstić information content (AvgIpc) is 2.81. The first-order valence-corrected chi connectivity index (χ1v) is 11.5. The highest BCUT2D eigenvalue weighted by Crippen LogP contribution is 2.34. The number of benzene rings is 1. The van der Waals surface area contributed by atoms with Gasteiger partial charge in [0.1, 0.15) is 0 Å². The molecule has 3 atom stereocenters. The molecule has 2 aliphatic heterocycles. The van der Waals surface area contributed by atoms with Gasteiger partial charge in [0, 0.05) is 24.7 Å². The lowest BCUT2D eigenvalue weighted by molar-refractivity contribution is -0.149. The summed E-state index contributed by atoms with van der Waals surface area (Å²) < 4.78 is 4.87. The molecule has 166 valence electrons. The number of rotatable bonds is 4. The largest absolute Gasteiger partial charge is 0.469 e. The van der Waals surface area contributed by atoms with Crippen molar-refractivity contribution in [2.24, 2.45) is 11.8 Å². The molecule has 1 saturated carbocycles. The maximum atomic E-state index is 13.1. The van der Waals surface area contributed by atoms with Crippen LogP contribution in [0.2, 0.25) is 0 Å². The molecule has 8 heteroatoms. The molecule has 2 saturated heterocycles. The van der Waals surface area contributed by atoms with E-state index in [0.29, 0.717) is 36.5 Å². The standard InChI is InChI=1S/C23H29N3O4S/c1-30-22(29)17-9-10-18-19(13-17)24-23(31)26(21(18)28)14-15-5-7-16(8-6-15)20(27)25-11-3-2-4-12-25/h5-8,17-19H,2-4,9-14H2,1H3,(H,24,31). The number of piperidine rings is 1. The molecule has 0 aromatic heterocycles. The van der Waals surface area contributed by atoms with Crippen molar-refractivity contribution >= 4 is 35.1 Å². The van der Waals surface area contributed by atoms with Gasteiger partial charge in [-0.1, -0.05) is 12.1 Å². The molecule has 1 aromatic rings. The van der Waals surface area contributed by atoms with Crippen LogP contribution >= 0.6 is 12.2 Å². The van der Waals surface area contributed by atoms with E-state index in [1.54, 1.807) is 4.90 Å². The predicted molar refractivity (Wildman–Crippen MR) is 119 cm³/mol. The minimum absolute atomic E-state index is 0.00513. The third-order valence-electron chi connectivity index (χ3n) is 6.71. The van der Waals surface area contributed by atoms with Crippen LogP contribution in [0.4, 0.5) is 0 Å². The van der Waals surface area contributed by atoms with E-state index in [0.717, 1.165) is 31.5 Å². The summed E-state index contributed by atoms with van der Waals surface area (Å²) in [5.74, 6) is -0.521. The third-order valence-corrected chi connectivity index (χ3v) is 7.05. The fourth-order valence-corrected chi connectivity index (χ4v) is 5.21. The molecule has 1 aliphatic carbocycles. The van der Waals surface area contributed by atoms with Gasteiger partial charge < -0.3 is 15.0 Å². The molecular weight excluding hydrogens is 414 g/mol. The Morgan fingerprint density at radius 1 is 1.13 bits per heavy atom. The Balaban J connectivity index is 1.39. The van der Waals surface area contributed by atoms with E-state index in [4.69, 9.17) is 17.0 Å². The first-order chi connectivity index (χ1) is 15.0. The number of methoxy groups -OCH3 is 1. The predicted octanol–water partition coefficient (Wildman–Crippen LogP) is 2.49. The fraction of sp³-hybridized carbons (Fsp3) is 0.565. The van der Waals surface area contributed by atoms with Gasteiger partial charge in [0.05, 0.1) is 25.5 Å². The van der Waals surface area contributed by atoms with Crippen LogP contribution in [-0.2, 0) is 20.9 Å². The smallest absolute Gasteiger partial charge is 0.308 e. The van der Waals surface area contributed by atoms with E-state index in [2.05, 4.69) is 5.32 Å². The first kappa shape index (κ1) is 21.7. The van der Waals surface area contributed by atoms with Crippen LogP contribution in [0.5, 0.6) is 0 Å². The molecule has 0 bridgehead atoms. The van der Waals surface area contributed by atoms with Crippen molar-refractivity contribution in [2.75, 3.05) is 20.2 Å². The fourth-order valence-electron chi connectivity index (χ4n) is 4.91. The molecule has 2 amide bonds. The number of likely N-dealkylation sites (tertiary alicyclic amines) is 1. The topological polar surface area (TPSA) is 79.0 Å². The van der Waals surface area contributed by atoms with E-state index in [1.165, 1.54) is 13.5 Å².